The van der Waals surface area contributed by atoms with Gasteiger partial charge in [-0.25, -0.2) is 15.0 Å². The summed E-state index contributed by atoms with van der Waals surface area (Å²) in [5, 5.41) is 32.8. The van der Waals surface area contributed by atoms with Crippen LogP contribution in [0.5, 0.6) is 0 Å². The van der Waals surface area contributed by atoms with Gasteiger partial charge in [-0.1, -0.05) is 12.2 Å². The second-order valence-corrected chi connectivity index (χ2v) is 6.00. The molecular weight excluding hydrogens is 368 g/mol. The van der Waals surface area contributed by atoms with Crippen molar-refractivity contribution < 1.29 is 29.7 Å². The summed E-state index contributed by atoms with van der Waals surface area (Å²) in [4.78, 5) is 34.0. The average Bonchev–Trinajstić information content (AvgIpc) is 2.54. The van der Waals surface area contributed by atoms with Gasteiger partial charge in [0.15, 0.2) is 6.04 Å². The highest BCUT2D eigenvalue weighted by Crippen LogP contribution is 2.00. The van der Waals surface area contributed by atoms with E-state index in [-0.39, 0.29) is 18.0 Å². The molecule has 150 valence electrons. The van der Waals surface area contributed by atoms with Crippen molar-refractivity contribution in [3.05, 3.63) is 0 Å². The lowest BCUT2D eigenvalue weighted by Crippen LogP contribution is -2.57. The molecule has 0 bridgehead atoms. The molecule has 13 heteroatoms. The van der Waals surface area contributed by atoms with Gasteiger partial charge in [0.25, 0.3) is 0 Å². The van der Waals surface area contributed by atoms with Gasteiger partial charge in [-0.05, 0) is 6.92 Å². The Balaban J connectivity index is 4.90. The Morgan fingerprint density at radius 3 is 2.19 bits per heavy atom. The van der Waals surface area contributed by atoms with Crippen molar-refractivity contribution in [3.63, 3.8) is 0 Å². The molecule has 0 saturated heterocycles. The van der Waals surface area contributed by atoms with Crippen LogP contribution in [0.2, 0.25) is 0 Å². The van der Waals surface area contributed by atoms with Crippen molar-refractivity contribution >= 4 is 35.1 Å². The lowest BCUT2D eigenvalue weighted by molar-refractivity contribution is -0.140. The summed E-state index contributed by atoms with van der Waals surface area (Å²) in [5.41, 5.74) is 13.6. The number of amides is 3. The number of hydrogen-bond acceptors (Lipinski definition) is 8. The minimum absolute atomic E-state index is 0.0765. The number of hydrazine groups is 1. The number of urea groups is 1. The Kier molecular flexibility index (Phi) is 10.6. The van der Waals surface area contributed by atoms with Gasteiger partial charge in [0.1, 0.15) is 4.99 Å². The first-order valence-corrected chi connectivity index (χ1v) is 8.04. The standard InChI is InChI=1S/C13H26N6O6S/c1-6(21)7(14)4-16-19(2)11(26)8(3-10(15)22)17-13(25)18-9(5-20)12(23)24/h6-9,16,20-21H,3-5,14H2,1-2H3,(H2,15,22)(H,23,24)(H2,17,18,25). The molecule has 3 amide bonds. The number of nitrogens with one attached hydrogen (secondary N) is 3. The van der Waals surface area contributed by atoms with E-state index in [2.05, 4.69) is 10.7 Å². The fourth-order valence-electron chi connectivity index (χ4n) is 1.67. The van der Waals surface area contributed by atoms with Crippen LogP contribution in [0.4, 0.5) is 4.79 Å². The molecule has 4 unspecified atom stereocenters. The van der Waals surface area contributed by atoms with Crippen molar-refractivity contribution in [3.8, 4) is 0 Å². The molecule has 12 nitrogen and oxygen atoms in total. The number of aliphatic hydroxyl groups is 2. The average molecular weight is 394 g/mol. The second kappa shape index (κ2) is 11.5. The molecule has 0 rings (SSSR count). The summed E-state index contributed by atoms with van der Waals surface area (Å²) < 4.78 is 0. The Hall–Kier alpha value is -2.06. The number of carboxylic acid groups (broad SMARTS) is 1. The van der Waals surface area contributed by atoms with Crippen molar-refractivity contribution in [1.29, 1.82) is 0 Å². The topological polar surface area (TPSA) is 203 Å². The number of carbonyl (C=O) groups is 3. The highest BCUT2D eigenvalue weighted by atomic mass is 32.1. The third-order valence-corrected chi connectivity index (χ3v) is 3.87. The Bertz CT molecular complexity index is 519. The molecule has 0 spiro atoms. The molecule has 0 aromatic rings. The first kappa shape index (κ1) is 23.9. The predicted octanol–water partition coefficient (Wildman–Crippen LogP) is -3.55. The summed E-state index contributed by atoms with van der Waals surface area (Å²) in [6.07, 6.45) is -1.10. The van der Waals surface area contributed by atoms with Gasteiger partial charge in [0, 0.05) is 19.6 Å². The number of carboxylic acids is 1. The largest absolute Gasteiger partial charge is 0.480 e. The van der Waals surface area contributed by atoms with Gasteiger partial charge in [-0.2, -0.15) is 0 Å². The summed E-state index contributed by atoms with van der Waals surface area (Å²) in [6.45, 7) is 0.869. The summed E-state index contributed by atoms with van der Waals surface area (Å²) in [7, 11) is 1.51. The second-order valence-electron chi connectivity index (χ2n) is 5.58. The molecule has 10 N–H and O–H groups in total. The number of rotatable bonds is 11. The molecule has 0 aromatic carbocycles. The normalized spacial score (nSPS) is 15.3. The minimum Gasteiger partial charge on any atom is -0.480 e. The number of primary amides is 1. The molecule has 0 heterocycles. The van der Waals surface area contributed by atoms with E-state index in [1.165, 1.54) is 19.0 Å². The molecule has 0 fully saturated rings. The molecular formula is C13H26N6O6S. The zero-order chi connectivity index (χ0) is 20.4. The molecule has 0 aliphatic carbocycles. The van der Waals surface area contributed by atoms with Crippen LogP contribution >= 0.6 is 12.2 Å². The number of nitrogens with zero attached hydrogens (tertiary/aromatic N) is 1. The first-order valence-electron chi connectivity index (χ1n) is 7.63. The van der Waals surface area contributed by atoms with Crippen LogP contribution < -0.4 is 27.5 Å². The number of likely N-dealkylation sites (N-methyl/N-ethyl adjacent to an activating group) is 1. The maximum Gasteiger partial charge on any atom is 0.328 e. The maximum absolute atomic E-state index is 11.9. The highest BCUT2D eigenvalue weighted by Gasteiger charge is 2.25. The quantitative estimate of drug-likeness (QED) is 0.128. The Morgan fingerprint density at radius 2 is 1.77 bits per heavy atom. The molecule has 0 aromatic heterocycles. The summed E-state index contributed by atoms with van der Waals surface area (Å²) >= 11 is 5.19. The highest BCUT2D eigenvalue weighted by molar-refractivity contribution is 7.80. The third kappa shape index (κ3) is 8.87. The van der Waals surface area contributed by atoms with Crippen LogP contribution in [0.3, 0.4) is 0 Å². The molecule has 0 radical (unpaired) electrons. The number of thiocarbonyl (C=S) groups is 1. The van der Waals surface area contributed by atoms with Gasteiger partial charge in [0.05, 0.1) is 25.2 Å². The van der Waals surface area contributed by atoms with E-state index < -0.39 is 48.7 Å². The van der Waals surface area contributed by atoms with Crippen LogP contribution in [0, 0.1) is 0 Å². The van der Waals surface area contributed by atoms with Gasteiger partial charge >= 0.3 is 12.0 Å². The van der Waals surface area contributed by atoms with E-state index in [0.29, 0.717) is 0 Å². The first-order chi connectivity index (χ1) is 12.0. The maximum atomic E-state index is 11.9. The third-order valence-electron chi connectivity index (χ3n) is 3.31. The van der Waals surface area contributed by atoms with Crippen LogP contribution in [0.15, 0.2) is 0 Å². The Morgan fingerprint density at radius 1 is 1.23 bits per heavy atom. The van der Waals surface area contributed by atoms with Gasteiger partial charge in [0.2, 0.25) is 5.91 Å². The Labute approximate surface area is 155 Å². The minimum atomic E-state index is -1.52. The lowest BCUT2D eigenvalue weighted by Gasteiger charge is -2.29. The van der Waals surface area contributed by atoms with Crippen LogP contribution in [-0.4, -0.2) is 87.7 Å². The van der Waals surface area contributed by atoms with E-state index in [1.807, 2.05) is 5.32 Å². The van der Waals surface area contributed by atoms with Crippen molar-refractivity contribution in [2.75, 3.05) is 20.2 Å². The molecule has 4 atom stereocenters. The van der Waals surface area contributed by atoms with E-state index in [4.69, 9.17) is 33.9 Å². The lowest BCUT2D eigenvalue weighted by atomic mass is 10.2. The van der Waals surface area contributed by atoms with E-state index >= 15 is 0 Å². The van der Waals surface area contributed by atoms with Crippen molar-refractivity contribution in [2.24, 2.45) is 11.5 Å². The van der Waals surface area contributed by atoms with Gasteiger partial charge in [-0.3, -0.25) is 4.79 Å². The predicted molar refractivity (Wildman–Crippen MR) is 95.8 cm³/mol. The molecule has 0 saturated carbocycles. The molecule has 26 heavy (non-hydrogen) atoms. The fraction of sp³-hybridized carbons (Fsp3) is 0.692. The zero-order valence-electron chi connectivity index (χ0n) is 14.5. The molecule has 0 aliphatic heterocycles. The van der Waals surface area contributed by atoms with Crippen molar-refractivity contribution in [2.45, 2.75) is 37.6 Å². The monoisotopic (exact) mass is 394 g/mol. The number of carbonyl (C=O) groups excluding carboxylic acids is 2. The van der Waals surface area contributed by atoms with Crippen molar-refractivity contribution in [1.82, 2.24) is 21.1 Å². The SMILES string of the molecule is CC(O)C(N)CNN(C)C(=S)C(CC(N)=O)NC(=O)NC(CO)C(=O)O. The summed E-state index contributed by atoms with van der Waals surface area (Å²) in [6, 6.07) is -4.06. The number of aliphatic carboxylic acids is 1. The number of aliphatic hydroxyl groups excluding tert-OH is 2. The van der Waals surface area contributed by atoms with E-state index in [9.17, 15) is 19.5 Å². The van der Waals surface area contributed by atoms with Gasteiger partial charge < -0.3 is 42.4 Å². The van der Waals surface area contributed by atoms with Crippen LogP contribution in [0.25, 0.3) is 0 Å². The number of nitrogens with two attached hydrogens (primary N) is 2. The number of hydrogen-bond donors (Lipinski definition) is 8. The molecule has 0 aliphatic rings. The fourth-order valence-corrected chi connectivity index (χ4v) is 1.88. The van der Waals surface area contributed by atoms with E-state index in [0.717, 1.165) is 0 Å². The van der Waals surface area contributed by atoms with E-state index in [1.54, 1.807) is 0 Å². The van der Waals surface area contributed by atoms with Crippen LogP contribution in [-0.2, 0) is 9.59 Å². The smallest absolute Gasteiger partial charge is 0.328 e. The zero-order valence-corrected chi connectivity index (χ0v) is 15.3. The van der Waals surface area contributed by atoms with Crippen LogP contribution in [0.1, 0.15) is 13.3 Å². The summed E-state index contributed by atoms with van der Waals surface area (Å²) in [5.74, 6) is -2.17. The van der Waals surface area contributed by atoms with Gasteiger partial charge in [-0.15, -0.1) is 0 Å².